The fourth-order valence-electron chi connectivity index (χ4n) is 3.07. The molecule has 0 bridgehead atoms. The Morgan fingerprint density at radius 1 is 1.04 bits per heavy atom. The summed E-state index contributed by atoms with van der Waals surface area (Å²) in [6.07, 6.45) is 6.06. The summed E-state index contributed by atoms with van der Waals surface area (Å²) >= 11 is 0. The monoisotopic (exact) mass is 379 g/mol. The van der Waals surface area contributed by atoms with E-state index in [0.717, 1.165) is 25.9 Å². The van der Waals surface area contributed by atoms with Gasteiger partial charge in [-0.25, -0.2) is 0 Å². The second kappa shape index (κ2) is 8.94. The van der Waals surface area contributed by atoms with Crippen molar-refractivity contribution in [2.24, 2.45) is 0 Å². The maximum absolute atomic E-state index is 12.4. The summed E-state index contributed by atoms with van der Waals surface area (Å²) in [6, 6.07) is 12.8. The third kappa shape index (κ3) is 5.03. The highest BCUT2D eigenvalue weighted by molar-refractivity contribution is 6.02. The number of hydrogen-bond acceptors (Lipinski definition) is 4. The van der Waals surface area contributed by atoms with Crippen LogP contribution in [0.2, 0.25) is 0 Å². The van der Waals surface area contributed by atoms with Crippen LogP contribution in [0, 0.1) is 10.1 Å². The topological polar surface area (TPSA) is 92.5 Å². The summed E-state index contributed by atoms with van der Waals surface area (Å²) in [5.74, 6) is -0.343. The molecule has 1 heterocycles. The van der Waals surface area contributed by atoms with Gasteiger partial charge in [0, 0.05) is 42.5 Å². The lowest BCUT2D eigenvalue weighted by atomic mass is 10.1. The van der Waals surface area contributed by atoms with E-state index in [1.54, 1.807) is 36.4 Å². The molecule has 1 saturated heterocycles. The first-order valence-corrected chi connectivity index (χ1v) is 9.16. The molecule has 0 spiro atoms. The van der Waals surface area contributed by atoms with Crippen molar-refractivity contribution in [3.05, 3.63) is 75.8 Å². The molecular formula is C21H21N3O4. The summed E-state index contributed by atoms with van der Waals surface area (Å²) in [4.78, 5) is 36.7. The first kappa shape index (κ1) is 19.3. The lowest BCUT2D eigenvalue weighted by Crippen LogP contribution is -2.35. The fraction of sp³-hybridized carbons (Fsp3) is 0.238. The first-order chi connectivity index (χ1) is 13.5. The van der Waals surface area contributed by atoms with E-state index < -0.39 is 4.92 Å². The molecule has 2 aromatic rings. The van der Waals surface area contributed by atoms with Crippen LogP contribution in [0.1, 0.15) is 35.2 Å². The Labute approximate surface area is 162 Å². The van der Waals surface area contributed by atoms with Gasteiger partial charge in [-0.05, 0) is 55.2 Å². The Bertz CT molecular complexity index is 900. The molecule has 1 aliphatic rings. The average Bonchev–Trinajstić information content (AvgIpc) is 2.73. The number of nitrogens with one attached hydrogen (secondary N) is 1. The van der Waals surface area contributed by atoms with Gasteiger partial charge in [-0.15, -0.1) is 0 Å². The molecule has 144 valence electrons. The molecule has 0 unspecified atom stereocenters. The molecular weight excluding hydrogens is 358 g/mol. The molecule has 0 atom stereocenters. The summed E-state index contributed by atoms with van der Waals surface area (Å²) in [5.41, 5.74) is 1.71. The Kier molecular flexibility index (Phi) is 6.16. The van der Waals surface area contributed by atoms with Crippen molar-refractivity contribution in [1.29, 1.82) is 0 Å². The smallest absolute Gasteiger partial charge is 0.270 e. The standard InChI is InChI=1S/C21H21N3O4/c25-20(12-7-16-5-4-6-19(15-16)24(27)28)22-18-10-8-17(9-11-18)21(26)23-13-2-1-3-14-23/h4-12,15H,1-3,13-14H2,(H,22,25)/b12-7+. The van der Waals surface area contributed by atoms with E-state index >= 15 is 0 Å². The van der Waals surface area contributed by atoms with Gasteiger partial charge < -0.3 is 10.2 Å². The first-order valence-electron chi connectivity index (χ1n) is 9.16. The van der Waals surface area contributed by atoms with E-state index in [2.05, 4.69) is 5.32 Å². The third-order valence-electron chi connectivity index (χ3n) is 4.55. The number of carbonyl (C=O) groups excluding carboxylic acids is 2. The number of amides is 2. The van der Waals surface area contributed by atoms with Crippen molar-refractivity contribution in [1.82, 2.24) is 4.90 Å². The number of hydrogen-bond donors (Lipinski definition) is 1. The van der Waals surface area contributed by atoms with Gasteiger partial charge in [-0.2, -0.15) is 0 Å². The molecule has 28 heavy (non-hydrogen) atoms. The summed E-state index contributed by atoms with van der Waals surface area (Å²) in [7, 11) is 0. The molecule has 0 aliphatic carbocycles. The second-order valence-electron chi connectivity index (χ2n) is 6.60. The number of benzene rings is 2. The van der Waals surface area contributed by atoms with E-state index in [1.165, 1.54) is 30.7 Å². The van der Waals surface area contributed by atoms with Gasteiger partial charge in [0.2, 0.25) is 5.91 Å². The zero-order valence-corrected chi connectivity index (χ0v) is 15.3. The van der Waals surface area contributed by atoms with E-state index in [9.17, 15) is 19.7 Å². The van der Waals surface area contributed by atoms with Crippen molar-refractivity contribution in [3.63, 3.8) is 0 Å². The quantitative estimate of drug-likeness (QED) is 0.485. The molecule has 1 fully saturated rings. The molecule has 7 nitrogen and oxygen atoms in total. The second-order valence-corrected chi connectivity index (χ2v) is 6.60. The summed E-state index contributed by atoms with van der Waals surface area (Å²) in [5, 5.41) is 13.5. The van der Waals surface area contributed by atoms with Crippen LogP contribution in [0.5, 0.6) is 0 Å². The Hall–Kier alpha value is -3.48. The number of likely N-dealkylation sites (tertiary alicyclic amines) is 1. The number of nitro groups is 1. The minimum Gasteiger partial charge on any atom is -0.339 e. The van der Waals surface area contributed by atoms with Gasteiger partial charge in [0.1, 0.15) is 0 Å². The number of anilines is 1. The van der Waals surface area contributed by atoms with Crippen molar-refractivity contribution < 1.29 is 14.5 Å². The maximum atomic E-state index is 12.4. The van der Waals surface area contributed by atoms with Crippen LogP contribution in [0.4, 0.5) is 11.4 Å². The van der Waals surface area contributed by atoms with Crippen LogP contribution in [0.15, 0.2) is 54.6 Å². The molecule has 2 aromatic carbocycles. The molecule has 0 saturated carbocycles. The van der Waals surface area contributed by atoms with Crippen LogP contribution in [0.25, 0.3) is 6.08 Å². The normalized spacial score (nSPS) is 14.1. The number of non-ortho nitro benzene ring substituents is 1. The lowest BCUT2D eigenvalue weighted by molar-refractivity contribution is -0.384. The largest absolute Gasteiger partial charge is 0.339 e. The van der Waals surface area contributed by atoms with Crippen molar-refractivity contribution in [2.45, 2.75) is 19.3 Å². The van der Waals surface area contributed by atoms with E-state index in [4.69, 9.17) is 0 Å². The van der Waals surface area contributed by atoms with Crippen molar-refractivity contribution in [3.8, 4) is 0 Å². The Balaban J connectivity index is 1.59. The van der Waals surface area contributed by atoms with Crippen LogP contribution in [-0.2, 0) is 4.79 Å². The third-order valence-corrected chi connectivity index (χ3v) is 4.55. The Morgan fingerprint density at radius 3 is 2.43 bits per heavy atom. The van der Waals surface area contributed by atoms with Crippen LogP contribution >= 0.6 is 0 Å². The zero-order chi connectivity index (χ0) is 19.9. The zero-order valence-electron chi connectivity index (χ0n) is 15.3. The number of nitrogens with zero attached hydrogens (tertiary/aromatic N) is 2. The lowest BCUT2D eigenvalue weighted by Gasteiger charge is -2.26. The van der Waals surface area contributed by atoms with Crippen LogP contribution in [0.3, 0.4) is 0 Å². The van der Waals surface area contributed by atoms with Gasteiger partial charge in [-0.1, -0.05) is 12.1 Å². The fourth-order valence-corrected chi connectivity index (χ4v) is 3.07. The maximum Gasteiger partial charge on any atom is 0.270 e. The SMILES string of the molecule is O=C(/C=C/c1cccc([N+](=O)[O-])c1)Nc1ccc(C(=O)N2CCCCC2)cc1. The predicted molar refractivity (Wildman–Crippen MR) is 107 cm³/mol. The van der Waals surface area contributed by atoms with Gasteiger partial charge in [0.15, 0.2) is 0 Å². The summed E-state index contributed by atoms with van der Waals surface area (Å²) in [6.45, 7) is 1.58. The molecule has 1 N–H and O–H groups in total. The molecule has 1 aliphatic heterocycles. The predicted octanol–water partition coefficient (Wildman–Crippen LogP) is 3.87. The number of carbonyl (C=O) groups is 2. The van der Waals surface area contributed by atoms with Gasteiger partial charge in [0.05, 0.1) is 4.92 Å². The van der Waals surface area contributed by atoms with E-state index in [0.29, 0.717) is 16.8 Å². The van der Waals surface area contributed by atoms with Crippen LogP contribution < -0.4 is 5.32 Å². The molecule has 2 amide bonds. The van der Waals surface area contributed by atoms with Gasteiger partial charge in [-0.3, -0.25) is 19.7 Å². The van der Waals surface area contributed by atoms with Crippen molar-refractivity contribution >= 4 is 29.3 Å². The highest BCUT2D eigenvalue weighted by atomic mass is 16.6. The van der Waals surface area contributed by atoms with Gasteiger partial charge >= 0.3 is 0 Å². The molecule has 0 aromatic heterocycles. The number of rotatable bonds is 5. The van der Waals surface area contributed by atoms with Crippen molar-refractivity contribution in [2.75, 3.05) is 18.4 Å². The van der Waals surface area contributed by atoms with E-state index in [-0.39, 0.29) is 17.5 Å². The minimum atomic E-state index is -0.482. The van der Waals surface area contributed by atoms with Crippen LogP contribution in [-0.4, -0.2) is 34.7 Å². The van der Waals surface area contributed by atoms with Gasteiger partial charge in [0.25, 0.3) is 11.6 Å². The highest BCUT2D eigenvalue weighted by Gasteiger charge is 2.17. The Morgan fingerprint density at radius 2 is 1.75 bits per heavy atom. The summed E-state index contributed by atoms with van der Waals surface area (Å²) < 4.78 is 0. The molecule has 3 rings (SSSR count). The minimum absolute atomic E-state index is 0.0168. The number of piperidine rings is 1. The number of nitro benzene ring substituents is 1. The molecule has 0 radical (unpaired) electrons. The van der Waals surface area contributed by atoms with E-state index in [1.807, 2.05) is 4.90 Å². The molecule has 7 heteroatoms. The highest BCUT2D eigenvalue weighted by Crippen LogP contribution is 2.16. The average molecular weight is 379 g/mol.